The predicted octanol–water partition coefficient (Wildman–Crippen LogP) is 4.21. The molecule has 0 spiro atoms. The van der Waals surface area contributed by atoms with E-state index in [0.29, 0.717) is 11.4 Å². The number of rotatable bonds is 3. The van der Waals surface area contributed by atoms with E-state index in [1.54, 1.807) is 33.8 Å². The Kier molecular flexibility index (Phi) is 4.23. The predicted molar refractivity (Wildman–Crippen MR) is 89.1 cm³/mol. The summed E-state index contributed by atoms with van der Waals surface area (Å²) in [5, 5.41) is 2.06. The molecule has 2 heterocycles. The lowest BCUT2D eigenvalue weighted by molar-refractivity contribution is 0.303. The maximum atomic E-state index is 12.9. The fourth-order valence-electron chi connectivity index (χ4n) is 2.85. The molecule has 0 fully saturated rings. The van der Waals surface area contributed by atoms with Crippen LogP contribution in [-0.2, 0) is 16.4 Å². The Morgan fingerprint density at radius 1 is 1.38 bits per heavy atom. The van der Waals surface area contributed by atoms with Crippen LogP contribution in [0.3, 0.4) is 0 Å². The third-order valence-electron chi connectivity index (χ3n) is 3.84. The molecule has 0 amide bonds. The summed E-state index contributed by atoms with van der Waals surface area (Å²) in [5.74, 6) is 0. The van der Waals surface area contributed by atoms with Gasteiger partial charge < -0.3 is 0 Å². The third kappa shape index (κ3) is 2.70. The van der Waals surface area contributed by atoms with Crippen LogP contribution in [0, 0.1) is 0 Å². The summed E-state index contributed by atoms with van der Waals surface area (Å²) < 4.78 is 28.3. The van der Waals surface area contributed by atoms with Gasteiger partial charge in [0.15, 0.2) is 0 Å². The molecule has 0 N–H and O–H groups in total. The van der Waals surface area contributed by atoms with Gasteiger partial charge in [-0.15, -0.1) is 11.3 Å². The Morgan fingerprint density at radius 3 is 2.90 bits per heavy atom. The fourth-order valence-corrected chi connectivity index (χ4v) is 6.05. The molecule has 0 saturated heterocycles. The number of sulfonamides is 1. The van der Waals surface area contributed by atoms with Gasteiger partial charge in [0.25, 0.3) is 0 Å². The van der Waals surface area contributed by atoms with Crippen molar-refractivity contribution in [2.75, 3.05) is 6.54 Å². The smallest absolute Gasteiger partial charge is 0.207 e. The monoisotopic (exact) mass is 385 g/mol. The van der Waals surface area contributed by atoms with E-state index in [4.69, 9.17) is 0 Å². The number of thiophene rings is 1. The Morgan fingerprint density at radius 2 is 2.19 bits per heavy atom. The van der Waals surface area contributed by atoms with Gasteiger partial charge in [-0.2, -0.15) is 4.31 Å². The molecule has 112 valence electrons. The summed E-state index contributed by atoms with van der Waals surface area (Å²) in [6.07, 6.45) is 1.59. The molecule has 6 heteroatoms. The fraction of sp³-hybridized carbons (Fsp3) is 0.333. The van der Waals surface area contributed by atoms with E-state index in [1.807, 2.05) is 13.0 Å². The number of nitrogens with zero attached hydrogens (tertiary/aromatic N) is 1. The van der Waals surface area contributed by atoms with E-state index >= 15 is 0 Å². The topological polar surface area (TPSA) is 37.4 Å². The van der Waals surface area contributed by atoms with Crippen LogP contribution in [0.2, 0.25) is 0 Å². The van der Waals surface area contributed by atoms with Crippen LogP contribution in [0.25, 0.3) is 0 Å². The first-order valence-electron chi connectivity index (χ1n) is 6.87. The van der Waals surface area contributed by atoms with Gasteiger partial charge in [0.05, 0.1) is 10.9 Å². The van der Waals surface area contributed by atoms with Gasteiger partial charge in [-0.3, -0.25) is 0 Å². The molecule has 1 atom stereocenters. The van der Waals surface area contributed by atoms with E-state index in [9.17, 15) is 8.42 Å². The highest BCUT2D eigenvalue weighted by atomic mass is 79.9. The number of halogens is 1. The van der Waals surface area contributed by atoms with Crippen LogP contribution >= 0.6 is 27.3 Å². The summed E-state index contributed by atoms with van der Waals surface area (Å²) in [6.45, 7) is 2.60. The van der Waals surface area contributed by atoms with Crippen molar-refractivity contribution in [1.29, 1.82) is 0 Å². The Hall–Kier alpha value is -0.690. The minimum Gasteiger partial charge on any atom is -0.207 e. The first-order valence-corrected chi connectivity index (χ1v) is 9.99. The number of hydrogen-bond donors (Lipinski definition) is 0. The van der Waals surface area contributed by atoms with Crippen molar-refractivity contribution in [2.24, 2.45) is 0 Å². The summed E-state index contributed by atoms with van der Waals surface area (Å²) in [7, 11) is -3.46. The molecule has 1 aliphatic rings. The highest BCUT2D eigenvalue weighted by Crippen LogP contribution is 2.38. The Balaban J connectivity index is 2.03. The van der Waals surface area contributed by atoms with Gasteiger partial charge >= 0.3 is 0 Å². The van der Waals surface area contributed by atoms with Crippen molar-refractivity contribution in [3.05, 3.63) is 50.6 Å². The zero-order chi connectivity index (χ0) is 15.0. The molecule has 3 nitrogen and oxygen atoms in total. The second-order valence-corrected chi connectivity index (χ2v) is 8.85. The molecule has 1 aromatic carbocycles. The van der Waals surface area contributed by atoms with Gasteiger partial charge in [0, 0.05) is 15.9 Å². The van der Waals surface area contributed by atoms with Crippen LogP contribution < -0.4 is 0 Å². The van der Waals surface area contributed by atoms with Crippen LogP contribution in [0.4, 0.5) is 0 Å². The lowest BCUT2D eigenvalue weighted by atomic mass is 10.0. The van der Waals surface area contributed by atoms with Gasteiger partial charge in [0.2, 0.25) is 10.0 Å². The third-order valence-corrected chi connectivity index (χ3v) is 7.23. The largest absolute Gasteiger partial charge is 0.243 e. The molecule has 2 aromatic rings. The Bertz CT molecular complexity index is 755. The SMILES string of the molecule is CC[C@H]1c2ccsc2CCN1S(=O)(=O)c1cccc(Br)c1. The molecule has 21 heavy (non-hydrogen) atoms. The lowest BCUT2D eigenvalue weighted by Gasteiger charge is -2.34. The van der Waals surface area contributed by atoms with Crippen LogP contribution in [-0.4, -0.2) is 19.3 Å². The maximum Gasteiger partial charge on any atom is 0.243 e. The van der Waals surface area contributed by atoms with Gasteiger partial charge in [0.1, 0.15) is 0 Å². The van der Waals surface area contributed by atoms with Gasteiger partial charge in [-0.05, 0) is 48.1 Å². The van der Waals surface area contributed by atoms with E-state index in [1.165, 1.54) is 10.4 Å². The minimum atomic E-state index is -3.46. The minimum absolute atomic E-state index is 0.0519. The molecule has 0 bridgehead atoms. The average Bonchev–Trinajstić information content (AvgIpc) is 2.94. The maximum absolute atomic E-state index is 12.9. The molecule has 0 aliphatic carbocycles. The second kappa shape index (κ2) is 5.83. The van der Waals surface area contributed by atoms with E-state index in [-0.39, 0.29) is 6.04 Å². The quantitative estimate of drug-likeness (QED) is 0.793. The van der Waals surface area contributed by atoms with Crippen molar-refractivity contribution >= 4 is 37.3 Å². The van der Waals surface area contributed by atoms with E-state index in [2.05, 4.69) is 27.4 Å². The molecule has 0 saturated carbocycles. The summed E-state index contributed by atoms with van der Waals surface area (Å²) >= 11 is 5.08. The van der Waals surface area contributed by atoms with Crippen LogP contribution in [0.1, 0.15) is 29.8 Å². The molecular formula is C15H16BrNO2S2. The lowest BCUT2D eigenvalue weighted by Crippen LogP contribution is -2.39. The van der Waals surface area contributed by atoms with Crippen molar-refractivity contribution in [3.8, 4) is 0 Å². The zero-order valence-corrected chi connectivity index (χ0v) is 14.8. The molecular weight excluding hydrogens is 370 g/mol. The van der Waals surface area contributed by atoms with Crippen molar-refractivity contribution in [3.63, 3.8) is 0 Å². The van der Waals surface area contributed by atoms with Crippen molar-refractivity contribution in [1.82, 2.24) is 4.31 Å². The van der Waals surface area contributed by atoms with Crippen molar-refractivity contribution < 1.29 is 8.42 Å². The Labute approximate surface area is 137 Å². The number of hydrogen-bond acceptors (Lipinski definition) is 3. The first kappa shape index (κ1) is 15.2. The molecule has 1 aliphatic heterocycles. The van der Waals surface area contributed by atoms with Crippen LogP contribution in [0.15, 0.2) is 45.1 Å². The standard InChI is InChI=1S/C15H16BrNO2S2/c1-2-14-13-7-9-20-15(13)6-8-17(14)21(18,19)12-5-3-4-11(16)10-12/h3-5,7,9-10,14H,2,6,8H2,1H3/t14-/m0/s1. The normalized spacial score (nSPS) is 19.4. The average molecular weight is 386 g/mol. The molecule has 1 aromatic heterocycles. The van der Waals surface area contributed by atoms with E-state index < -0.39 is 10.0 Å². The summed E-state index contributed by atoms with van der Waals surface area (Å²) in [6, 6.07) is 8.95. The van der Waals surface area contributed by atoms with Gasteiger partial charge in [-0.1, -0.05) is 28.9 Å². The highest BCUT2D eigenvalue weighted by Gasteiger charge is 2.35. The second-order valence-electron chi connectivity index (χ2n) is 5.05. The number of benzene rings is 1. The zero-order valence-electron chi connectivity index (χ0n) is 11.6. The summed E-state index contributed by atoms with van der Waals surface area (Å²) in [4.78, 5) is 1.68. The molecule has 0 unspecified atom stereocenters. The van der Waals surface area contributed by atoms with E-state index in [0.717, 1.165) is 17.3 Å². The molecule has 3 rings (SSSR count). The van der Waals surface area contributed by atoms with Crippen LogP contribution in [0.5, 0.6) is 0 Å². The molecule has 0 radical (unpaired) electrons. The summed E-state index contributed by atoms with van der Waals surface area (Å²) in [5.41, 5.74) is 1.17. The highest BCUT2D eigenvalue weighted by molar-refractivity contribution is 9.10. The van der Waals surface area contributed by atoms with Gasteiger partial charge in [-0.25, -0.2) is 8.42 Å². The first-order chi connectivity index (χ1) is 10.0. The number of fused-ring (bicyclic) bond motifs is 1. The van der Waals surface area contributed by atoms with Crippen molar-refractivity contribution in [2.45, 2.75) is 30.7 Å².